The minimum absolute atomic E-state index is 0.0269. The highest BCUT2D eigenvalue weighted by Gasteiger charge is 2.33. The van der Waals surface area contributed by atoms with Gasteiger partial charge in [0, 0.05) is 24.6 Å². The monoisotopic (exact) mass is 179 g/mol. The zero-order valence-corrected chi connectivity index (χ0v) is 7.36. The fraction of sp³-hybridized carbons (Fsp3) is 0.500. The van der Waals surface area contributed by atoms with E-state index in [2.05, 4.69) is 11.4 Å². The fourth-order valence-corrected chi connectivity index (χ4v) is 2.00. The van der Waals surface area contributed by atoms with Crippen molar-refractivity contribution in [2.45, 2.75) is 6.42 Å². The lowest BCUT2D eigenvalue weighted by Crippen LogP contribution is -2.44. The lowest BCUT2D eigenvalue weighted by atomic mass is 9.78. The molecule has 1 heterocycles. The number of carbonyl (C=O) groups excluding carboxylic acids is 1. The third-order valence-electron chi connectivity index (χ3n) is 2.79. The summed E-state index contributed by atoms with van der Waals surface area (Å²) in [5.74, 6) is 0.441. The highest BCUT2D eigenvalue weighted by molar-refractivity contribution is 5.95. The summed E-state index contributed by atoms with van der Waals surface area (Å²) < 4.78 is 0. The van der Waals surface area contributed by atoms with Gasteiger partial charge in [-0.1, -0.05) is 18.2 Å². The number of piperidine rings is 1. The Morgan fingerprint density at radius 1 is 1.62 bits per heavy atom. The topological polar surface area (TPSA) is 49.3 Å². The van der Waals surface area contributed by atoms with E-state index in [9.17, 15) is 4.79 Å². The van der Waals surface area contributed by atoms with E-state index in [1.807, 2.05) is 12.2 Å². The van der Waals surface area contributed by atoms with Crippen molar-refractivity contribution in [2.75, 3.05) is 13.2 Å². The van der Waals surface area contributed by atoms with Crippen LogP contribution in [-0.2, 0) is 4.79 Å². The Balaban J connectivity index is 2.25. The first-order valence-corrected chi connectivity index (χ1v) is 4.58. The van der Waals surface area contributed by atoms with Gasteiger partial charge in [-0.25, -0.2) is 0 Å². The Hall–Kier alpha value is -1.09. The molecule has 2 unspecified atom stereocenters. The van der Waals surface area contributed by atoms with Crippen molar-refractivity contribution in [2.24, 2.45) is 11.8 Å². The maximum atomic E-state index is 11.4. The predicted molar refractivity (Wildman–Crippen MR) is 48.9 cm³/mol. The van der Waals surface area contributed by atoms with Gasteiger partial charge in [-0.3, -0.25) is 4.79 Å². The molecule has 1 fully saturated rings. The molecule has 0 saturated carbocycles. The summed E-state index contributed by atoms with van der Waals surface area (Å²) in [6.07, 6.45) is 6.69. The maximum absolute atomic E-state index is 11.4. The summed E-state index contributed by atoms with van der Waals surface area (Å²) in [5.41, 5.74) is 0.827. The van der Waals surface area contributed by atoms with Gasteiger partial charge < -0.3 is 10.4 Å². The molecule has 1 aliphatic carbocycles. The van der Waals surface area contributed by atoms with Crippen LogP contribution in [0, 0.1) is 11.8 Å². The van der Waals surface area contributed by atoms with E-state index < -0.39 is 0 Å². The van der Waals surface area contributed by atoms with Gasteiger partial charge >= 0.3 is 0 Å². The Labute approximate surface area is 77.1 Å². The third kappa shape index (κ3) is 1.40. The van der Waals surface area contributed by atoms with Crippen LogP contribution in [0.3, 0.4) is 0 Å². The Morgan fingerprint density at radius 2 is 2.46 bits per heavy atom. The molecule has 70 valence electrons. The number of carbonyl (C=O) groups is 1. The molecule has 0 radical (unpaired) electrons. The summed E-state index contributed by atoms with van der Waals surface area (Å²) in [6, 6.07) is 0. The van der Waals surface area contributed by atoms with Crippen molar-refractivity contribution in [3.8, 4) is 0 Å². The van der Waals surface area contributed by atoms with Crippen LogP contribution in [0.4, 0.5) is 0 Å². The van der Waals surface area contributed by atoms with Gasteiger partial charge in [0.1, 0.15) is 0 Å². The van der Waals surface area contributed by atoms with E-state index in [1.54, 1.807) is 0 Å². The maximum Gasteiger partial charge on any atom is 0.247 e. The number of aliphatic hydroxyl groups is 1. The molecule has 2 rings (SSSR count). The first-order valence-electron chi connectivity index (χ1n) is 4.58. The van der Waals surface area contributed by atoms with Crippen molar-refractivity contribution in [1.82, 2.24) is 5.32 Å². The fourth-order valence-electron chi connectivity index (χ4n) is 2.00. The first kappa shape index (κ1) is 8.51. The van der Waals surface area contributed by atoms with Crippen LogP contribution < -0.4 is 5.32 Å². The lowest BCUT2D eigenvalue weighted by Gasteiger charge is -2.33. The second-order valence-corrected chi connectivity index (χ2v) is 3.55. The number of aliphatic hydroxyl groups excluding tert-OH is 1. The van der Waals surface area contributed by atoms with Gasteiger partial charge in [-0.05, 0) is 12.3 Å². The second kappa shape index (κ2) is 3.34. The zero-order valence-electron chi connectivity index (χ0n) is 7.36. The molecule has 3 nitrogen and oxygen atoms in total. The van der Waals surface area contributed by atoms with Crippen LogP contribution in [0.1, 0.15) is 6.42 Å². The molecular weight excluding hydrogens is 166 g/mol. The SMILES string of the molecule is O=C1NCC(CO)C2CC=CC=C12. The quantitative estimate of drug-likeness (QED) is 0.605. The molecule has 1 saturated heterocycles. The van der Waals surface area contributed by atoms with Gasteiger partial charge in [0.05, 0.1) is 0 Å². The third-order valence-corrected chi connectivity index (χ3v) is 2.79. The normalized spacial score (nSPS) is 32.1. The number of allylic oxidation sites excluding steroid dienone is 3. The van der Waals surface area contributed by atoms with Gasteiger partial charge in [-0.2, -0.15) is 0 Å². The largest absolute Gasteiger partial charge is 0.396 e. The van der Waals surface area contributed by atoms with E-state index in [4.69, 9.17) is 5.11 Å². The molecule has 0 aromatic heterocycles. The average Bonchev–Trinajstić information content (AvgIpc) is 2.19. The molecule has 2 atom stereocenters. The summed E-state index contributed by atoms with van der Waals surface area (Å²) in [5, 5.41) is 11.9. The van der Waals surface area contributed by atoms with Crippen molar-refractivity contribution in [1.29, 1.82) is 0 Å². The van der Waals surface area contributed by atoms with E-state index >= 15 is 0 Å². The van der Waals surface area contributed by atoms with Crippen molar-refractivity contribution < 1.29 is 9.90 Å². The average molecular weight is 179 g/mol. The van der Waals surface area contributed by atoms with Crippen LogP contribution in [-0.4, -0.2) is 24.2 Å². The van der Waals surface area contributed by atoms with E-state index in [1.165, 1.54) is 0 Å². The molecule has 1 amide bonds. The Bertz CT molecular complexity index is 281. The minimum atomic E-state index is 0.0269. The number of fused-ring (bicyclic) bond motifs is 1. The van der Waals surface area contributed by atoms with Crippen molar-refractivity contribution >= 4 is 5.91 Å². The van der Waals surface area contributed by atoms with Gasteiger partial charge in [0.2, 0.25) is 5.91 Å². The summed E-state index contributed by atoms with van der Waals surface area (Å²) in [6.45, 7) is 0.751. The van der Waals surface area contributed by atoms with E-state index in [0.29, 0.717) is 6.54 Å². The number of amides is 1. The number of hydrogen-bond acceptors (Lipinski definition) is 2. The molecule has 3 heteroatoms. The Kier molecular flexibility index (Phi) is 2.19. The van der Waals surface area contributed by atoms with E-state index in [0.717, 1.165) is 12.0 Å². The van der Waals surface area contributed by atoms with Crippen molar-refractivity contribution in [3.05, 3.63) is 23.8 Å². The number of hydrogen-bond donors (Lipinski definition) is 2. The van der Waals surface area contributed by atoms with Crippen LogP contribution in [0.5, 0.6) is 0 Å². The van der Waals surface area contributed by atoms with Crippen LogP contribution >= 0.6 is 0 Å². The molecule has 1 aliphatic heterocycles. The molecule has 13 heavy (non-hydrogen) atoms. The van der Waals surface area contributed by atoms with Gasteiger partial charge in [-0.15, -0.1) is 0 Å². The lowest BCUT2D eigenvalue weighted by molar-refractivity contribution is -0.120. The second-order valence-electron chi connectivity index (χ2n) is 3.55. The molecule has 0 aromatic rings. The highest BCUT2D eigenvalue weighted by Crippen LogP contribution is 2.30. The highest BCUT2D eigenvalue weighted by atomic mass is 16.3. The Morgan fingerprint density at radius 3 is 3.23 bits per heavy atom. The summed E-state index contributed by atoms with van der Waals surface area (Å²) >= 11 is 0. The minimum Gasteiger partial charge on any atom is -0.396 e. The van der Waals surface area contributed by atoms with Crippen molar-refractivity contribution in [3.63, 3.8) is 0 Å². The summed E-state index contributed by atoms with van der Waals surface area (Å²) in [4.78, 5) is 11.4. The molecule has 0 bridgehead atoms. The smallest absolute Gasteiger partial charge is 0.247 e. The predicted octanol–water partition coefficient (Wildman–Crippen LogP) is 0.227. The van der Waals surface area contributed by atoms with Crippen LogP contribution in [0.15, 0.2) is 23.8 Å². The van der Waals surface area contributed by atoms with Gasteiger partial charge in [0.15, 0.2) is 0 Å². The van der Waals surface area contributed by atoms with Crippen LogP contribution in [0.25, 0.3) is 0 Å². The number of rotatable bonds is 1. The van der Waals surface area contributed by atoms with E-state index in [-0.39, 0.29) is 24.3 Å². The van der Waals surface area contributed by atoms with Crippen LogP contribution in [0.2, 0.25) is 0 Å². The van der Waals surface area contributed by atoms with Gasteiger partial charge in [0.25, 0.3) is 0 Å². The zero-order chi connectivity index (χ0) is 9.26. The standard InChI is InChI=1S/C10H13NO2/c12-6-7-5-11-10(13)9-4-2-1-3-8(7)9/h1-2,4,7-8,12H,3,5-6H2,(H,11,13). The molecule has 2 aliphatic rings. The summed E-state index contributed by atoms with van der Waals surface area (Å²) in [7, 11) is 0. The first-order chi connectivity index (χ1) is 6.33. The molecule has 2 N–H and O–H groups in total. The molecule has 0 aromatic carbocycles. The number of nitrogens with one attached hydrogen (secondary N) is 1. The molecular formula is C10H13NO2. The molecule has 0 spiro atoms.